The summed E-state index contributed by atoms with van der Waals surface area (Å²) in [4.78, 5) is 11.0. The number of benzene rings is 1. The topological polar surface area (TPSA) is 38.3 Å². The average Bonchev–Trinajstić information content (AvgIpc) is 2.34. The summed E-state index contributed by atoms with van der Waals surface area (Å²) in [5.74, 6) is 0.660. The molecule has 0 bridgehead atoms. The van der Waals surface area contributed by atoms with Gasteiger partial charge in [0, 0.05) is 6.54 Å². The van der Waals surface area contributed by atoms with E-state index in [0.29, 0.717) is 13.2 Å². The molecule has 0 aliphatic rings. The molecule has 16 heavy (non-hydrogen) atoms. The van der Waals surface area contributed by atoms with Gasteiger partial charge in [0.25, 0.3) is 0 Å². The predicted molar refractivity (Wildman–Crippen MR) is 64.8 cm³/mol. The standard InChI is InChI=1S/C12H16ClNO2/c1-2-6-16-11-5-3-4-10(7-11)9-14-12(15)8-13/h3-5,7H,2,6,8-9H2,1H3,(H,14,15). The smallest absolute Gasteiger partial charge is 0.235 e. The van der Waals surface area contributed by atoms with Crippen molar-refractivity contribution in [3.63, 3.8) is 0 Å². The predicted octanol–water partition coefficient (Wildman–Crippen LogP) is 2.33. The van der Waals surface area contributed by atoms with Gasteiger partial charge in [-0.3, -0.25) is 4.79 Å². The highest BCUT2D eigenvalue weighted by atomic mass is 35.5. The second-order valence-corrected chi connectivity index (χ2v) is 3.67. The number of alkyl halides is 1. The van der Waals surface area contributed by atoms with E-state index in [-0.39, 0.29) is 11.8 Å². The molecule has 3 nitrogen and oxygen atoms in total. The Kier molecular flexibility index (Phi) is 5.72. The lowest BCUT2D eigenvalue weighted by Crippen LogP contribution is -2.23. The maximum atomic E-state index is 11.0. The third-order valence-corrected chi connectivity index (χ3v) is 2.23. The van der Waals surface area contributed by atoms with E-state index in [1.807, 2.05) is 24.3 Å². The Morgan fingerprint density at radius 3 is 3.00 bits per heavy atom. The molecule has 0 saturated carbocycles. The van der Waals surface area contributed by atoms with Crippen molar-refractivity contribution in [2.24, 2.45) is 0 Å². The first-order valence-electron chi connectivity index (χ1n) is 5.30. The monoisotopic (exact) mass is 241 g/mol. The highest BCUT2D eigenvalue weighted by Crippen LogP contribution is 2.13. The largest absolute Gasteiger partial charge is 0.494 e. The molecule has 88 valence electrons. The van der Waals surface area contributed by atoms with E-state index in [1.54, 1.807) is 0 Å². The molecule has 0 aliphatic heterocycles. The zero-order valence-corrected chi connectivity index (χ0v) is 10.1. The van der Waals surface area contributed by atoms with E-state index in [2.05, 4.69) is 12.2 Å². The maximum Gasteiger partial charge on any atom is 0.235 e. The van der Waals surface area contributed by atoms with Crippen molar-refractivity contribution < 1.29 is 9.53 Å². The Morgan fingerprint density at radius 1 is 1.50 bits per heavy atom. The van der Waals surface area contributed by atoms with E-state index in [0.717, 1.165) is 17.7 Å². The normalized spacial score (nSPS) is 9.88. The lowest BCUT2D eigenvalue weighted by atomic mass is 10.2. The molecule has 1 aromatic rings. The number of halogens is 1. The lowest BCUT2D eigenvalue weighted by molar-refractivity contribution is -0.118. The van der Waals surface area contributed by atoms with Crippen molar-refractivity contribution >= 4 is 17.5 Å². The highest BCUT2D eigenvalue weighted by molar-refractivity contribution is 6.27. The molecule has 0 spiro atoms. The van der Waals surface area contributed by atoms with E-state index in [1.165, 1.54) is 0 Å². The Labute approximate surface area is 101 Å². The fourth-order valence-electron chi connectivity index (χ4n) is 1.21. The molecule has 0 saturated heterocycles. The minimum absolute atomic E-state index is 0.00791. The van der Waals surface area contributed by atoms with Crippen LogP contribution in [0.25, 0.3) is 0 Å². The van der Waals surface area contributed by atoms with E-state index < -0.39 is 0 Å². The summed E-state index contributed by atoms with van der Waals surface area (Å²) in [7, 11) is 0. The van der Waals surface area contributed by atoms with Crippen molar-refractivity contribution in [3.8, 4) is 5.75 Å². The molecule has 0 aliphatic carbocycles. The fourth-order valence-corrected chi connectivity index (χ4v) is 1.31. The Balaban J connectivity index is 2.50. The molecule has 4 heteroatoms. The number of carbonyl (C=O) groups is 1. The first-order valence-corrected chi connectivity index (χ1v) is 5.84. The number of rotatable bonds is 6. The number of carbonyl (C=O) groups excluding carboxylic acids is 1. The molecule has 0 unspecified atom stereocenters. The van der Waals surface area contributed by atoms with Crippen LogP contribution in [-0.2, 0) is 11.3 Å². The zero-order valence-electron chi connectivity index (χ0n) is 9.33. The average molecular weight is 242 g/mol. The van der Waals surface area contributed by atoms with Gasteiger partial charge in [-0.1, -0.05) is 19.1 Å². The third-order valence-electron chi connectivity index (χ3n) is 1.98. The van der Waals surface area contributed by atoms with Gasteiger partial charge in [-0.15, -0.1) is 11.6 Å². The maximum absolute atomic E-state index is 11.0. The quantitative estimate of drug-likeness (QED) is 0.777. The van der Waals surface area contributed by atoms with Crippen LogP contribution in [-0.4, -0.2) is 18.4 Å². The van der Waals surface area contributed by atoms with Crippen LogP contribution in [0.5, 0.6) is 5.75 Å². The Bertz CT molecular complexity index is 342. The Morgan fingerprint density at radius 2 is 2.31 bits per heavy atom. The van der Waals surface area contributed by atoms with Crippen LogP contribution in [0.15, 0.2) is 24.3 Å². The molecule has 0 radical (unpaired) electrons. The van der Waals surface area contributed by atoms with Crippen LogP contribution in [0.2, 0.25) is 0 Å². The van der Waals surface area contributed by atoms with Crippen molar-refractivity contribution in [2.75, 3.05) is 12.5 Å². The van der Waals surface area contributed by atoms with Gasteiger partial charge in [0.05, 0.1) is 6.61 Å². The SMILES string of the molecule is CCCOc1cccc(CNC(=O)CCl)c1. The number of amides is 1. The summed E-state index contributed by atoms with van der Waals surface area (Å²) in [6.45, 7) is 3.25. The van der Waals surface area contributed by atoms with Gasteiger partial charge in [-0.25, -0.2) is 0 Å². The molecule has 1 rings (SSSR count). The van der Waals surface area contributed by atoms with Gasteiger partial charge in [0.15, 0.2) is 0 Å². The van der Waals surface area contributed by atoms with E-state index in [9.17, 15) is 4.79 Å². The van der Waals surface area contributed by atoms with Crippen molar-refractivity contribution in [1.29, 1.82) is 0 Å². The zero-order chi connectivity index (χ0) is 11.8. The number of ether oxygens (including phenoxy) is 1. The highest BCUT2D eigenvalue weighted by Gasteiger charge is 2.00. The molecule has 1 aromatic carbocycles. The summed E-state index contributed by atoms with van der Waals surface area (Å²) >= 11 is 5.38. The van der Waals surface area contributed by atoms with Crippen molar-refractivity contribution in [3.05, 3.63) is 29.8 Å². The first kappa shape index (κ1) is 12.8. The third kappa shape index (κ3) is 4.53. The van der Waals surface area contributed by atoms with E-state index >= 15 is 0 Å². The van der Waals surface area contributed by atoms with Crippen LogP contribution < -0.4 is 10.1 Å². The van der Waals surface area contributed by atoms with Gasteiger partial charge in [-0.05, 0) is 24.1 Å². The van der Waals surface area contributed by atoms with Gasteiger partial charge < -0.3 is 10.1 Å². The molecule has 0 heterocycles. The minimum Gasteiger partial charge on any atom is -0.494 e. The molecular formula is C12H16ClNO2. The van der Waals surface area contributed by atoms with Gasteiger partial charge in [0.1, 0.15) is 11.6 Å². The summed E-state index contributed by atoms with van der Waals surface area (Å²) in [5.41, 5.74) is 1.01. The van der Waals surface area contributed by atoms with Crippen LogP contribution in [0.3, 0.4) is 0 Å². The molecule has 1 amide bonds. The van der Waals surface area contributed by atoms with Gasteiger partial charge in [0.2, 0.25) is 5.91 Å². The molecule has 1 N–H and O–H groups in total. The summed E-state index contributed by atoms with van der Waals surface area (Å²) < 4.78 is 5.49. The van der Waals surface area contributed by atoms with Gasteiger partial charge >= 0.3 is 0 Å². The molecular weight excluding hydrogens is 226 g/mol. The summed E-state index contributed by atoms with van der Waals surface area (Å²) in [6, 6.07) is 7.67. The molecule has 0 aromatic heterocycles. The van der Waals surface area contributed by atoms with E-state index in [4.69, 9.17) is 16.3 Å². The van der Waals surface area contributed by atoms with Crippen molar-refractivity contribution in [2.45, 2.75) is 19.9 Å². The molecule has 0 atom stereocenters. The van der Waals surface area contributed by atoms with Gasteiger partial charge in [-0.2, -0.15) is 0 Å². The minimum atomic E-state index is -0.165. The lowest BCUT2D eigenvalue weighted by Gasteiger charge is -2.07. The Hall–Kier alpha value is -1.22. The number of hydrogen-bond acceptors (Lipinski definition) is 2. The molecule has 0 fully saturated rings. The second-order valence-electron chi connectivity index (χ2n) is 3.41. The number of nitrogens with one attached hydrogen (secondary N) is 1. The van der Waals surface area contributed by atoms with Crippen LogP contribution in [0, 0.1) is 0 Å². The van der Waals surface area contributed by atoms with Crippen LogP contribution >= 0.6 is 11.6 Å². The van der Waals surface area contributed by atoms with Crippen LogP contribution in [0.1, 0.15) is 18.9 Å². The second kappa shape index (κ2) is 7.12. The van der Waals surface area contributed by atoms with Crippen LogP contribution in [0.4, 0.5) is 0 Å². The first-order chi connectivity index (χ1) is 7.76. The fraction of sp³-hybridized carbons (Fsp3) is 0.417. The number of hydrogen-bond donors (Lipinski definition) is 1. The summed E-state index contributed by atoms with van der Waals surface area (Å²) in [6.07, 6.45) is 0.979. The van der Waals surface area contributed by atoms with Crippen molar-refractivity contribution in [1.82, 2.24) is 5.32 Å². The summed E-state index contributed by atoms with van der Waals surface area (Å²) in [5, 5.41) is 2.71.